The highest BCUT2D eigenvalue weighted by Gasteiger charge is 2.30. The van der Waals surface area contributed by atoms with Gasteiger partial charge >= 0.3 is 0 Å². The fourth-order valence-corrected chi connectivity index (χ4v) is 4.09. The van der Waals surface area contributed by atoms with E-state index < -0.39 is 0 Å². The third kappa shape index (κ3) is 3.89. The topological polar surface area (TPSA) is 53.0 Å². The van der Waals surface area contributed by atoms with E-state index in [1.54, 1.807) is 0 Å². The Labute approximate surface area is 150 Å². The van der Waals surface area contributed by atoms with Crippen molar-refractivity contribution in [2.24, 2.45) is 0 Å². The Balaban J connectivity index is 1.62. The molecule has 1 amide bonds. The third-order valence-electron chi connectivity index (χ3n) is 5.72. The van der Waals surface area contributed by atoms with Crippen molar-refractivity contribution in [3.63, 3.8) is 0 Å². The molecule has 5 heteroatoms. The fraction of sp³-hybridized carbons (Fsp3) is 0.650. The first-order valence-corrected chi connectivity index (χ1v) is 9.33. The minimum absolute atomic E-state index is 0.0919. The zero-order valence-electron chi connectivity index (χ0n) is 15.7. The fourth-order valence-electron chi connectivity index (χ4n) is 4.09. The maximum atomic E-state index is 12.4. The summed E-state index contributed by atoms with van der Waals surface area (Å²) in [4.78, 5) is 16.8. The predicted octanol–water partition coefficient (Wildman–Crippen LogP) is 1.93. The number of amides is 1. The molecular formula is C20H30N2O3. The van der Waals surface area contributed by atoms with Crippen molar-refractivity contribution in [1.82, 2.24) is 9.80 Å². The van der Waals surface area contributed by atoms with Gasteiger partial charge in [-0.05, 0) is 61.4 Å². The lowest BCUT2D eigenvalue weighted by Crippen LogP contribution is -2.51. The molecule has 0 aliphatic carbocycles. The number of ether oxygens (including phenoxy) is 1. The number of aryl methyl sites for hydroxylation is 2. The molecule has 2 heterocycles. The van der Waals surface area contributed by atoms with Crippen LogP contribution in [0.25, 0.3) is 0 Å². The summed E-state index contributed by atoms with van der Waals surface area (Å²) in [6, 6.07) is 2.17. The summed E-state index contributed by atoms with van der Waals surface area (Å²) in [5.41, 5.74) is 6.01. The Morgan fingerprint density at radius 3 is 2.44 bits per heavy atom. The molecule has 1 atom stereocenters. The number of rotatable bonds is 4. The molecule has 2 aliphatic heterocycles. The van der Waals surface area contributed by atoms with E-state index in [2.05, 4.69) is 31.7 Å². The maximum Gasteiger partial charge on any atom is 0.251 e. The van der Waals surface area contributed by atoms with Crippen molar-refractivity contribution in [3.8, 4) is 0 Å². The van der Waals surface area contributed by atoms with Gasteiger partial charge in [0.2, 0.25) is 0 Å². The van der Waals surface area contributed by atoms with Crippen LogP contribution in [-0.4, -0.2) is 59.7 Å². The molecule has 0 bridgehead atoms. The first-order chi connectivity index (χ1) is 12.0. The molecule has 0 unspecified atom stereocenters. The van der Waals surface area contributed by atoms with Crippen LogP contribution in [-0.2, 0) is 22.7 Å². The Morgan fingerprint density at radius 1 is 1.16 bits per heavy atom. The second-order valence-corrected chi connectivity index (χ2v) is 7.35. The number of carbonyl (C=O) groups excluding carboxylic acids is 1. The SMILES string of the molecule is Cc1cc(C)c(CN2CCN(C(=O)[C@H]3CCCO3)CC2)c(C)c1CO. The summed E-state index contributed by atoms with van der Waals surface area (Å²) in [6.45, 7) is 11.3. The van der Waals surface area contributed by atoms with Gasteiger partial charge in [-0.2, -0.15) is 0 Å². The lowest BCUT2D eigenvalue weighted by atomic mass is 9.93. The average molecular weight is 346 g/mol. The second kappa shape index (κ2) is 7.85. The van der Waals surface area contributed by atoms with Gasteiger partial charge in [-0.3, -0.25) is 9.69 Å². The molecule has 0 saturated carbocycles. The van der Waals surface area contributed by atoms with Gasteiger partial charge < -0.3 is 14.7 Å². The predicted molar refractivity (Wildman–Crippen MR) is 97.4 cm³/mol. The van der Waals surface area contributed by atoms with Gasteiger partial charge in [0.1, 0.15) is 6.10 Å². The van der Waals surface area contributed by atoms with E-state index in [0.717, 1.165) is 63.3 Å². The highest BCUT2D eigenvalue weighted by Crippen LogP contribution is 2.24. The number of piperazine rings is 1. The molecule has 2 aliphatic rings. The van der Waals surface area contributed by atoms with Gasteiger partial charge in [0, 0.05) is 39.3 Å². The quantitative estimate of drug-likeness (QED) is 0.905. The van der Waals surface area contributed by atoms with Crippen molar-refractivity contribution in [2.45, 2.75) is 52.9 Å². The highest BCUT2D eigenvalue weighted by atomic mass is 16.5. The molecule has 2 saturated heterocycles. The van der Waals surface area contributed by atoms with Crippen molar-refractivity contribution in [1.29, 1.82) is 0 Å². The van der Waals surface area contributed by atoms with E-state index in [9.17, 15) is 9.90 Å². The summed E-state index contributed by atoms with van der Waals surface area (Å²) >= 11 is 0. The van der Waals surface area contributed by atoms with Crippen LogP contribution in [0, 0.1) is 20.8 Å². The number of nitrogens with zero attached hydrogens (tertiary/aromatic N) is 2. The minimum atomic E-state index is -0.208. The number of hydrogen-bond acceptors (Lipinski definition) is 4. The van der Waals surface area contributed by atoms with E-state index in [1.165, 1.54) is 16.7 Å². The lowest BCUT2D eigenvalue weighted by molar-refractivity contribution is -0.142. The molecule has 1 aromatic rings. The molecule has 3 rings (SSSR count). The molecular weight excluding hydrogens is 316 g/mol. The number of aliphatic hydroxyl groups excluding tert-OH is 1. The number of hydrogen-bond donors (Lipinski definition) is 1. The Bertz CT molecular complexity index is 630. The van der Waals surface area contributed by atoms with Crippen LogP contribution in [0.2, 0.25) is 0 Å². The highest BCUT2D eigenvalue weighted by molar-refractivity contribution is 5.81. The normalized spacial score (nSPS) is 21.8. The number of benzene rings is 1. The second-order valence-electron chi connectivity index (χ2n) is 7.35. The number of carbonyl (C=O) groups is 1. The molecule has 5 nitrogen and oxygen atoms in total. The summed E-state index contributed by atoms with van der Waals surface area (Å²) in [5, 5.41) is 9.65. The molecule has 138 valence electrons. The van der Waals surface area contributed by atoms with Gasteiger partial charge in [0.15, 0.2) is 0 Å². The molecule has 0 aromatic heterocycles. The monoisotopic (exact) mass is 346 g/mol. The Kier molecular flexibility index (Phi) is 5.77. The van der Waals surface area contributed by atoms with Crippen LogP contribution in [0.5, 0.6) is 0 Å². The smallest absolute Gasteiger partial charge is 0.251 e. The van der Waals surface area contributed by atoms with Crippen molar-refractivity contribution in [2.75, 3.05) is 32.8 Å². The maximum absolute atomic E-state index is 12.4. The van der Waals surface area contributed by atoms with E-state index in [0.29, 0.717) is 0 Å². The zero-order valence-corrected chi connectivity index (χ0v) is 15.7. The molecule has 0 spiro atoms. The largest absolute Gasteiger partial charge is 0.392 e. The average Bonchev–Trinajstić information content (AvgIpc) is 3.13. The van der Waals surface area contributed by atoms with Crippen molar-refractivity contribution >= 4 is 5.91 Å². The van der Waals surface area contributed by atoms with Crippen molar-refractivity contribution < 1.29 is 14.6 Å². The van der Waals surface area contributed by atoms with E-state index in [-0.39, 0.29) is 18.6 Å². The van der Waals surface area contributed by atoms with Gasteiger partial charge in [0.25, 0.3) is 5.91 Å². The Hall–Kier alpha value is -1.43. The Morgan fingerprint density at radius 2 is 1.84 bits per heavy atom. The van der Waals surface area contributed by atoms with Crippen LogP contribution in [0.1, 0.15) is 40.7 Å². The van der Waals surface area contributed by atoms with E-state index in [4.69, 9.17) is 4.74 Å². The summed E-state index contributed by atoms with van der Waals surface area (Å²) in [6.07, 6.45) is 1.65. The van der Waals surface area contributed by atoms with Gasteiger partial charge in [-0.1, -0.05) is 6.07 Å². The summed E-state index contributed by atoms with van der Waals surface area (Å²) < 4.78 is 5.53. The van der Waals surface area contributed by atoms with Crippen molar-refractivity contribution in [3.05, 3.63) is 33.9 Å². The van der Waals surface area contributed by atoms with Gasteiger partial charge in [-0.25, -0.2) is 0 Å². The first-order valence-electron chi connectivity index (χ1n) is 9.33. The van der Waals surface area contributed by atoms with Crippen LogP contribution in [0.3, 0.4) is 0 Å². The van der Waals surface area contributed by atoms with Gasteiger partial charge in [-0.15, -0.1) is 0 Å². The molecule has 2 fully saturated rings. The van der Waals surface area contributed by atoms with Crippen LogP contribution in [0.15, 0.2) is 6.07 Å². The van der Waals surface area contributed by atoms with E-state index >= 15 is 0 Å². The van der Waals surface area contributed by atoms with Crippen LogP contribution >= 0.6 is 0 Å². The summed E-state index contributed by atoms with van der Waals surface area (Å²) in [7, 11) is 0. The molecule has 0 radical (unpaired) electrons. The first kappa shape index (κ1) is 18.4. The van der Waals surface area contributed by atoms with Gasteiger partial charge in [0.05, 0.1) is 6.61 Å². The molecule has 1 N–H and O–H groups in total. The zero-order chi connectivity index (χ0) is 18.0. The lowest BCUT2D eigenvalue weighted by Gasteiger charge is -2.36. The summed E-state index contributed by atoms with van der Waals surface area (Å²) in [5.74, 6) is 0.169. The minimum Gasteiger partial charge on any atom is -0.392 e. The van der Waals surface area contributed by atoms with E-state index in [1.807, 2.05) is 4.90 Å². The van der Waals surface area contributed by atoms with Crippen LogP contribution < -0.4 is 0 Å². The standard InChI is InChI=1S/C20H30N2O3/c1-14-11-15(2)18(13-23)16(3)17(14)12-21-6-8-22(9-7-21)20(24)19-5-4-10-25-19/h11,19,23H,4-10,12-13H2,1-3H3/t19-/m1/s1. The number of aliphatic hydroxyl groups is 1. The molecule has 25 heavy (non-hydrogen) atoms. The molecule has 1 aromatic carbocycles. The third-order valence-corrected chi connectivity index (χ3v) is 5.72. The van der Waals surface area contributed by atoms with Crippen LogP contribution in [0.4, 0.5) is 0 Å².